The Bertz CT molecular complexity index is 846. The lowest BCUT2D eigenvalue weighted by Gasteiger charge is -2.16. The zero-order valence-electron chi connectivity index (χ0n) is 13.3. The largest absolute Gasteiger partial charge is 0.454 e. The second-order valence-corrected chi connectivity index (χ2v) is 7.41. The van der Waals surface area contributed by atoms with Crippen molar-refractivity contribution in [3.8, 4) is 11.5 Å². The Morgan fingerprint density at radius 2 is 1.78 bits per heavy atom. The van der Waals surface area contributed by atoms with Gasteiger partial charge in [-0.25, -0.2) is 13.1 Å². The van der Waals surface area contributed by atoms with Crippen molar-refractivity contribution in [3.63, 3.8) is 0 Å². The molecule has 0 unspecified atom stereocenters. The number of nitrogens with one attached hydrogen (secondary N) is 1. The highest BCUT2D eigenvalue weighted by Gasteiger charge is 2.22. The van der Waals surface area contributed by atoms with Gasteiger partial charge in [0.05, 0.1) is 4.90 Å². The van der Waals surface area contributed by atoms with Crippen molar-refractivity contribution in [1.29, 1.82) is 0 Å². The monoisotopic (exact) mass is 333 g/mol. The van der Waals surface area contributed by atoms with Crippen molar-refractivity contribution in [2.75, 3.05) is 6.79 Å². The van der Waals surface area contributed by atoms with Gasteiger partial charge >= 0.3 is 0 Å². The molecule has 1 aliphatic heterocycles. The van der Waals surface area contributed by atoms with Gasteiger partial charge in [0, 0.05) is 6.04 Å². The lowest BCUT2D eigenvalue weighted by atomic mass is 10.1. The highest BCUT2D eigenvalue weighted by Crippen LogP contribution is 2.34. The number of benzene rings is 2. The minimum absolute atomic E-state index is 0.196. The van der Waals surface area contributed by atoms with E-state index in [0.29, 0.717) is 16.4 Å². The maximum Gasteiger partial charge on any atom is 0.241 e. The summed E-state index contributed by atoms with van der Waals surface area (Å²) in [6, 6.07) is 10.3. The Labute approximate surface area is 136 Å². The predicted octanol–water partition coefficient (Wildman–Crippen LogP) is 3.07. The van der Waals surface area contributed by atoms with E-state index in [4.69, 9.17) is 9.47 Å². The Balaban J connectivity index is 1.85. The van der Waals surface area contributed by atoms with E-state index in [2.05, 4.69) is 4.72 Å². The fourth-order valence-electron chi connectivity index (χ4n) is 2.65. The Morgan fingerprint density at radius 1 is 1.04 bits per heavy atom. The molecule has 1 N–H and O–H groups in total. The van der Waals surface area contributed by atoms with Crippen LogP contribution in [0.2, 0.25) is 0 Å². The summed E-state index contributed by atoms with van der Waals surface area (Å²) in [5.41, 5.74) is 2.59. The first-order chi connectivity index (χ1) is 10.9. The highest BCUT2D eigenvalue weighted by atomic mass is 32.2. The number of rotatable bonds is 4. The quantitative estimate of drug-likeness (QED) is 0.934. The van der Waals surface area contributed by atoms with Gasteiger partial charge in [-0.15, -0.1) is 0 Å². The van der Waals surface area contributed by atoms with Crippen LogP contribution in [0, 0.1) is 13.8 Å². The Kier molecular flexibility index (Phi) is 4.04. The van der Waals surface area contributed by atoms with E-state index >= 15 is 0 Å². The smallest absolute Gasteiger partial charge is 0.241 e. The summed E-state index contributed by atoms with van der Waals surface area (Å²) >= 11 is 0. The molecule has 0 aliphatic carbocycles. The molecule has 5 nitrogen and oxygen atoms in total. The van der Waals surface area contributed by atoms with Crippen LogP contribution in [0.15, 0.2) is 41.3 Å². The molecule has 1 heterocycles. The molecule has 1 aliphatic rings. The SMILES string of the molecule is Cc1ccc(S(=O)(=O)N[C@H](C)c2ccc3c(c2)OCO3)c(C)c1. The summed E-state index contributed by atoms with van der Waals surface area (Å²) in [4.78, 5) is 0.302. The molecule has 3 rings (SSSR count). The summed E-state index contributed by atoms with van der Waals surface area (Å²) in [5, 5.41) is 0. The standard InChI is InChI=1S/C17H19NO4S/c1-11-4-7-17(12(2)8-11)23(19,20)18-13(3)14-5-6-15-16(9-14)22-10-21-15/h4-9,13,18H,10H2,1-3H3/t13-/m1/s1. The summed E-state index contributed by atoms with van der Waals surface area (Å²) in [6.45, 7) is 5.74. The van der Waals surface area contributed by atoms with E-state index in [1.807, 2.05) is 19.1 Å². The third-order valence-electron chi connectivity index (χ3n) is 3.85. The summed E-state index contributed by atoms with van der Waals surface area (Å²) in [6.07, 6.45) is 0. The molecule has 0 fully saturated rings. The van der Waals surface area contributed by atoms with E-state index in [0.717, 1.165) is 16.7 Å². The molecule has 0 bridgehead atoms. The van der Waals surface area contributed by atoms with Crippen molar-refractivity contribution in [2.24, 2.45) is 0 Å². The average Bonchev–Trinajstić information content (AvgIpc) is 2.93. The molecule has 0 aromatic heterocycles. The fourth-order valence-corrected chi connectivity index (χ4v) is 4.11. The van der Waals surface area contributed by atoms with Crippen LogP contribution in [0.25, 0.3) is 0 Å². The van der Waals surface area contributed by atoms with E-state index in [1.54, 1.807) is 38.1 Å². The first-order valence-corrected chi connectivity index (χ1v) is 8.84. The van der Waals surface area contributed by atoms with E-state index < -0.39 is 10.0 Å². The summed E-state index contributed by atoms with van der Waals surface area (Å²) < 4.78 is 38.6. The molecule has 23 heavy (non-hydrogen) atoms. The van der Waals surface area contributed by atoms with Gasteiger partial charge in [0.25, 0.3) is 0 Å². The van der Waals surface area contributed by atoms with E-state index in [1.165, 1.54) is 0 Å². The molecule has 1 atom stereocenters. The minimum atomic E-state index is -3.59. The van der Waals surface area contributed by atoms with Crippen LogP contribution in [-0.2, 0) is 10.0 Å². The zero-order chi connectivity index (χ0) is 16.6. The van der Waals surface area contributed by atoms with Gasteiger partial charge in [-0.05, 0) is 50.1 Å². The molecule has 0 saturated heterocycles. The molecular formula is C17H19NO4S. The van der Waals surface area contributed by atoms with Crippen LogP contribution in [-0.4, -0.2) is 15.2 Å². The van der Waals surface area contributed by atoms with Gasteiger partial charge in [0.2, 0.25) is 16.8 Å². The minimum Gasteiger partial charge on any atom is -0.454 e. The molecule has 2 aromatic carbocycles. The van der Waals surface area contributed by atoms with Crippen LogP contribution >= 0.6 is 0 Å². The van der Waals surface area contributed by atoms with Crippen molar-refractivity contribution in [3.05, 3.63) is 53.1 Å². The molecule has 122 valence electrons. The maximum atomic E-state index is 12.6. The molecule has 2 aromatic rings. The van der Waals surface area contributed by atoms with Gasteiger partial charge in [-0.2, -0.15) is 0 Å². The van der Waals surface area contributed by atoms with Gasteiger partial charge in [-0.3, -0.25) is 0 Å². The van der Waals surface area contributed by atoms with Gasteiger partial charge in [-0.1, -0.05) is 23.8 Å². The van der Waals surface area contributed by atoms with Crippen LogP contribution < -0.4 is 14.2 Å². The molecule has 0 radical (unpaired) electrons. The second-order valence-electron chi connectivity index (χ2n) is 5.72. The maximum absolute atomic E-state index is 12.6. The van der Waals surface area contributed by atoms with Crippen LogP contribution in [0.3, 0.4) is 0 Å². The zero-order valence-corrected chi connectivity index (χ0v) is 14.1. The normalized spacial score (nSPS) is 14.7. The van der Waals surface area contributed by atoms with E-state index in [-0.39, 0.29) is 12.8 Å². The first kappa shape index (κ1) is 15.8. The number of hydrogen-bond donors (Lipinski definition) is 1. The second kappa shape index (κ2) is 5.86. The number of hydrogen-bond acceptors (Lipinski definition) is 4. The molecular weight excluding hydrogens is 314 g/mol. The third kappa shape index (κ3) is 3.18. The fraction of sp³-hybridized carbons (Fsp3) is 0.294. The molecule has 0 amide bonds. The van der Waals surface area contributed by atoms with Crippen molar-refractivity contribution in [1.82, 2.24) is 4.72 Å². The first-order valence-electron chi connectivity index (χ1n) is 7.36. The highest BCUT2D eigenvalue weighted by molar-refractivity contribution is 7.89. The van der Waals surface area contributed by atoms with Gasteiger partial charge < -0.3 is 9.47 Å². The molecule has 0 saturated carbocycles. The van der Waals surface area contributed by atoms with Crippen LogP contribution in [0.1, 0.15) is 29.7 Å². The summed E-state index contributed by atoms with van der Waals surface area (Å²) in [5.74, 6) is 1.32. The lowest BCUT2D eigenvalue weighted by molar-refractivity contribution is 0.174. The average molecular weight is 333 g/mol. The van der Waals surface area contributed by atoms with Crippen molar-refractivity contribution >= 4 is 10.0 Å². The number of fused-ring (bicyclic) bond motifs is 1. The van der Waals surface area contributed by atoms with Crippen molar-refractivity contribution in [2.45, 2.75) is 31.7 Å². The third-order valence-corrected chi connectivity index (χ3v) is 5.55. The molecule has 6 heteroatoms. The van der Waals surface area contributed by atoms with Crippen LogP contribution in [0.5, 0.6) is 11.5 Å². The predicted molar refractivity (Wildman–Crippen MR) is 87.2 cm³/mol. The van der Waals surface area contributed by atoms with Crippen LogP contribution in [0.4, 0.5) is 0 Å². The topological polar surface area (TPSA) is 64.6 Å². The number of sulfonamides is 1. The van der Waals surface area contributed by atoms with Crippen molar-refractivity contribution < 1.29 is 17.9 Å². The number of ether oxygens (including phenoxy) is 2. The van der Waals surface area contributed by atoms with E-state index in [9.17, 15) is 8.42 Å². The Morgan fingerprint density at radius 3 is 2.52 bits per heavy atom. The Hall–Kier alpha value is -2.05. The molecule has 0 spiro atoms. The number of aryl methyl sites for hydroxylation is 2. The van der Waals surface area contributed by atoms with Gasteiger partial charge in [0.15, 0.2) is 11.5 Å². The van der Waals surface area contributed by atoms with Gasteiger partial charge in [0.1, 0.15) is 0 Å². The lowest BCUT2D eigenvalue weighted by Crippen LogP contribution is -2.27. The summed E-state index contributed by atoms with van der Waals surface area (Å²) in [7, 11) is -3.59.